The number of hydrogen-bond donors (Lipinski definition) is 2. The zero-order valence-electron chi connectivity index (χ0n) is 19.7. The standard InChI is InChI=1S/C25H27FN6O2S/c1-15(2)35(33)20-10-8-18(9-11-20)21-14-29-23(27)22(30-21)25-32-31-24(34-25)19-6-4-17(5-7-19)13-28-16(3)12-26/h4-11,14-16,28H,12-13H2,1-3H3,(H2,27,29). The molecule has 2 aromatic carbocycles. The SMILES string of the molecule is CC(CF)NCc1ccc(-c2nnc(-c3nc(-c4ccc([S+]([O-])C(C)C)cc4)cnc3N)o2)cc1. The molecular formula is C25H27FN6O2S. The van der Waals surface area contributed by atoms with E-state index < -0.39 is 17.9 Å². The third-order valence-corrected chi connectivity index (χ3v) is 6.92. The third-order valence-electron chi connectivity index (χ3n) is 5.33. The lowest BCUT2D eigenvalue weighted by molar-refractivity contribution is 0.391. The Labute approximate surface area is 206 Å². The molecule has 0 spiro atoms. The van der Waals surface area contributed by atoms with E-state index in [1.807, 2.05) is 62.4 Å². The number of nitrogens with two attached hydrogens (primary N) is 1. The average molecular weight is 495 g/mol. The van der Waals surface area contributed by atoms with Crippen LogP contribution in [-0.2, 0) is 17.7 Å². The highest BCUT2D eigenvalue weighted by atomic mass is 32.2. The Balaban J connectivity index is 1.54. The summed E-state index contributed by atoms with van der Waals surface area (Å²) in [6, 6.07) is 14.7. The van der Waals surface area contributed by atoms with Gasteiger partial charge in [0.25, 0.3) is 5.89 Å². The highest BCUT2D eigenvalue weighted by Crippen LogP contribution is 2.28. The van der Waals surface area contributed by atoms with Crippen molar-refractivity contribution < 1.29 is 13.4 Å². The van der Waals surface area contributed by atoms with Crippen molar-refractivity contribution >= 4 is 17.0 Å². The highest BCUT2D eigenvalue weighted by Gasteiger charge is 2.18. The molecule has 4 rings (SSSR count). The Bertz CT molecular complexity index is 1260. The minimum absolute atomic E-state index is 0.0356. The second-order valence-corrected chi connectivity index (χ2v) is 10.4. The van der Waals surface area contributed by atoms with Crippen molar-refractivity contribution in [2.45, 2.75) is 43.5 Å². The molecule has 2 unspecified atom stereocenters. The summed E-state index contributed by atoms with van der Waals surface area (Å²) in [6.07, 6.45) is 1.57. The van der Waals surface area contributed by atoms with Gasteiger partial charge >= 0.3 is 0 Å². The number of aromatic nitrogens is 4. The Morgan fingerprint density at radius 1 is 1.00 bits per heavy atom. The van der Waals surface area contributed by atoms with Gasteiger partial charge in [-0.25, -0.2) is 14.4 Å². The first kappa shape index (κ1) is 24.8. The molecule has 10 heteroatoms. The summed E-state index contributed by atoms with van der Waals surface area (Å²) < 4.78 is 30.8. The van der Waals surface area contributed by atoms with Gasteiger partial charge in [-0.3, -0.25) is 0 Å². The van der Waals surface area contributed by atoms with Gasteiger partial charge in [0.15, 0.2) is 16.4 Å². The van der Waals surface area contributed by atoms with Crippen molar-refractivity contribution in [1.29, 1.82) is 0 Å². The number of halogens is 1. The summed E-state index contributed by atoms with van der Waals surface area (Å²) >= 11 is -1.07. The summed E-state index contributed by atoms with van der Waals surface area (Å²) in [5.41, 5.74) is 9.48. The van der Waals surface area contributed by atoms with Crippen LogP contribution >= 0.6 is 0 Å². The molecule has 0 aliphatic carbocycles. The molecule has 0 radical (unpaired) electrons. The van der Waals surface area contributed by atoms with Gasteiger partial charge in [0, 0.05) is 23.7 Å². The van der Waals surface area contributed by atoms with Gasteiger partial charge in [-0.15, -0.1) is 10.2 Å². The molecule has 0 fully saturated rings. The number of benzene rings is 2. The van der Waals surface area contributed by atoms with Crippen LogP contribution in [0.25, 0.3) is 34.3 Å². The Kier molecular flexibility index (Phi) is 7.74. The molecule has 35 heavy (non-hydrogen) atoms. The molecule has 2 heterocycles. The number of nitrogen functional groups attached to an aromatic ring is 1. The fourth-order valence-corrected chi connectivity index (χ4v) is 4.22. The van der Waals surface area contributed by atoms with E-state index in [2.05, 4.69) is 25.5 Å². The van der Waals surface area contributed by atoms with E-state index in [-0.39, 0.29) is 28.7 Å². The summed E-state index contributed by atoms with van der Waals surface area (Å²) in [5, 5.41) is 11.4. The van der Waals surface area contributed by atoms with E-state index in [0.29, 0.717) is 18.1 Å². The second kappa shape index (κ2) is 10.9. The second-order valence-electron chi connectivity index (χ2n) is 8.41. The van der Waals surface area contributed by atoms with Crippen LogP contribution in [0, 0.1) is 0 Å². The van der Waals surface area contributed by atoms with Gasteiger partial charge in [0.1, 0.15) is 11.9 Å². The molecule has 4 aromatic rings. The molecule has 182 valence electrons. The van der Waals surface area contributed by atoms with E-state index >= 15 is 0 Å². The summed E-state index contributed by atoms with van der Waals surface area (Å²) in [4.78, 5) is 9.60. The van der Waals surface area contributed by atoms with Crippen molar-refractivity contribution in [3.8, 4) is 34.3 Å². The zero-order valence-corrected chi connectivity index (χ0v) is 20.6. The van der Waals surface area contributed by atoms with E-state index in [1.165, 1.54) is 0 Å². The van der Waals surface area contributed by atoms with Crippen LogP contribution in [0.4, 0.5) is 10.2 Å². The van der Waals surface area contributed by atoms with Crippen LogP contribution in [-0.4, -0.2) is 42.7 Å². The fourth-order valence-electron chi connectivity index (χ4n) is 3.27. The number of anilines is 1. The van der Waals surface area contributed by atoms with Crippen LogP contribution < -0.4 is 11.1 Å². The molecule has 8 nitrogen and oxygen atoms in total. The maximum absolute atomic E-state index is 12.6. The lowest BCUT2D eigenvalue weighted by Gasteiger charge is -2.14. The predicted octanol–water partition coefficient (Wildman–Crippen LogP) is 4.41. The van der Waals surface area contributed by atoms with Crippen molar-refractivity contribution in [3.05, 3.63) is 60.3 Å². The molecule has 0 aliphatic heterocycles. The van der Waals surface area contributed by atoms with Crippen LogP contribution in [0.5, 0.6) is 0 Å². The normalized spacial score (nSPS) is 13.2. The molecule has 3 N–H and O–H groups in total. The number of nitrogens with zero attached hydrogens (tertiary/aromatic N) is 4. The van der Waals surface area contributed by atoms with Gasteiger partial charge in [0.05, 0.1) is 11.9 Å². The molecule has 0 amide bonds. The monoisotopic (exact) mass is 494 g/mol. The maximum Gasteiger partial charge on any atom is 0.270 e. The molecule has 2 aromatic heterocycles. The molecule has 2 atom stereocenters. The van der Waals surface area contributed by atoms with Crippen molar-refractivity contribution in [2.24, 2.45) is 0 Å². The first-order valence-corrected chi connectivity index (χ1v) is 12.4. The van der Waals surface area contributed by atoms with E-state index in [0.717, 1.165) is 21.6 Å². The smallest absolute Gasteiger partial charge is 0.270 e. The minimum Gasteiger partial charge on any atom is -0.611 e. The lowest BCUT2D eigenvalue weighted by Crippen LogP contribution is -2.27. The summed E-state index contributed by atoms with van der Waals surface area (Å²) in [7, 11) is 0. The molecule has 0 aliphatic rings. The number of rotatable bonds is 9. The van der Waals surface area contributed by atoms with Crippen molar-refractivity contribution in [3.63, 3.8) is 0 Å². The molecular weight excluding hydrogens is 467 g/mol. The van der Waals surface area contributed by atoms with E-state index in [4.69, 9.17) is 10.2 Å². The van der Waals surface area contributed by atoms with Crippen LogP contribution in [0.15, 0.2) is 64.0 Å². The highest BCUT2D eigenvalue weighted by molar-refractivity contribution is 7.92. The first-order valence-electron chi connectivity index (χ1n) is 11.2. The Morgan fingerprint density at radius 2 is 1.66 bits per heavy atom. The largest absolute Gasteiger partial charge is 0.611 e. The molecule has 0 bridgehead atoms. The molecule has 0 saturated heterocycles. The van der Waals surface area contributed by atoms with Crippen molar-refractivity contribution in [2.75, 3.05) is 12.4 Å². The van der Waals surface area contributed by atoms with Gasteiger partial charge in [-0.2, -0.15) is 0 Å². The molecule has 0 saturated carbocycles. The van der Waals surface area contributed by atoms with E-state index in [9.17, 15) is 8.94 Å². The fraction of sp³-hybridized carbons (Fsp3) is 0.280. The maximum atomic E-state index is 12.6. The third kappa shape index (κ3) is 5.84. The number of nitrogens with one attached hydrogen (secondary N) is 1. The van der Waals surface area contributed by atoms with Crippen molar-refractivity contribution in [1.82, 2.24) is 25.5 Å². The zero-order chi connectivity index (χ0) is 24.9. The van der Waals surface area contributed by atoms with Crippen LogP contribution in [0.2, 0.25) is 0 Å². The summed E-state index contributed by atoms with van der Waals surface area (Å²) in [5.74, 6) is 0.653. The number of hydrogen-bond acceptors (Lipinski definition) is 8. The quantitative estimate of drug-likeness (QED) is 0.328. The topological polar surface area (TPSA) is 126 Å². The van der Waals surface area contributed by atoms with Crippen LogP contribution in [0.1, 0.15) is 26.3 Å². The summed E-state index contributed by atoms with van der Waals surface area (Å²) in [6.45, 7) is 5.78. The van der Waals surface area contributed by atoms with Crippen LogP contribution in [0.3, 0.4) is 0 Å². The minimum atomic E-state index is -1.07. The lowest BCUT2D eigenvalue weighted by atomic mass is 10.1. The predicted molar refractivity (Wildman–Crippen MR) is 134 cm³/mol. The van der Waals surface area contributed by atoms with Gasteiger partial charge in [0.2, 0.25) is 5.89 Å². The first-order chi connectivity index (χ1) is 16.9. The average Bonchev–Trinajstić information content (AvgIpc) is 3.37. The van der Waals surface area contributed by atoms with Gasteiger partial charge in [-0.05, 0) is 73.9 Å². The Morgan fingerprint density at radius 3 is 2.31 bits per heavy atom. The number of alkyl halides is 1. The Hall–Kier alpha value is -3.34. The van der Waals surface area contributed by atoms with Gasteiger partial charge in [-0.1, -0.05) is 12.1 Å². The van der Waals surface area contributed by atoms with Gasteiger partial charge < -0.3 is 20.0 Å². The van der Waals surface area contributed by atoms with E-state index in [1.54, 1.807) is 13.1 Å².